The van der Waals surface area contributed by atoms with Crippen molar-refractivity contribution in [2.75, 3.05) is 45.9 Å². The molecular weight excluding hydrogens is 522 g/mol. The Bertz CT molecular complexity index is 1380. The number of fused-ring (bicyclic) bond motifs is 1. The second-order valence-electron chi connectivity index (χ2n) is 10.8. The van der Waals surface area contributed by atoms with E-state index in [-0.39, 0.29) is 30.4 Å². The molecule has 10 nitrogen and oxygen atoms in total. The Balaban J connectivity index is 1.24. The van der Waals surface area contributed by atoms with Crippen molar-refractivity contribution in [3.63, 3.8) is 0 Å². The summed E-state index contributed by atoms with van der Waals surface area (Å²) in [7, 11) is -3.75. The van der Waals surface area contributed by atoms with E-state index in [1.807, 2.05) is 30.3 Å². The van der Waals surface area contributed by atoms with Crippen LogP contribution in [0.5, 0.6) is 11.5 Å². The minimum absolute atomic E-state index is 0.0869. The molecule has 0 spiro atoms. The Kier molecular flexibility index (Phi) is 7.30. The smallest absolute Gasteiger partial charge is 0.407 e. The van der Waals surface area contributed by atoms with Crippen molar-refractivity contribution in [3.8, 4) is 11.5 Å². The Labute approximate surface area is 228 Å². The fourth-order valence-corrected chi connectivity index (χ4v) is 6.40. The van der Waals surface area contributed by atoms with Gasteiger partial charge in [0.15, 0.2) is 11.5 Å². The van der Waals surface area contributed by atoms with Gasteiger partial charge in [-0.1, -0.05) is 30.3 Å². The lowest BCUT2D eigenvalue weighted by molar-refractivity contribution is -0.131. The monoisotopic (exact) mass is 555 g/mol. The van der Waals surface area contributed by atoms with E-state index in [2.05, 4.69) is 5.32 Å². The molecule has 1 atom stereocenters. The summed E-state index contributed by atoms with van der Waals surface area (Å²) in [6.45, 7) is 7.36. The number of hydrogen-bond acceptors (Lipinski definition) is 7. The summed E-state index contributed by atoms with van der Waals surface area (Å²) in [5, 5.41) is 2.73. The molecule has 2 aromatic carbocycles. The van der Waals surface area contributed by atoms with Gasteiger partial charge in [0.1, 0.15) is 18.8 Å². The highest BCUT2D eigenvalue weighted by molar-refractivity contribution is 7.89. The molecule has 0 bridgehead atoms. The maximum Gasteiger partial charge on any atom is 0.407 e. The molecule has 0 saturated carbocycles. The highest BCUT2D eigenvalue weighted by atomic mass is 32.2. The van der Waals surface area contributed by atoms with E-state index < -0.39 is 27.6 Å². The van der Waals surface area contributed by atoms with Crippen LogP contribution in [0.15, 0.2) is 64.6 Å². The fraction of sp³-hybridized carbons (Fsp3) is 0.429. The first-order chi connectivity index (χ1) is 18.5. The first kappa shape index (κ1) is 27.0. The van der Waals surface area contributed by atoms with Crippen LogP contribution < -0.4 is 14.8 Å². The number of hydrogen-bond donors (Lipinski definition) is 1. The zero-order chi connectivity index (χ0) is 27.8. The van der Waals surface area contributed by atoms with Crippen LogP contribution in [-0.4, -0.2) is 81.2 Å². The molecule has 0 aromatic heterocycles. The molecule has 0 radical (unpaired) electrons. The van der Waals surface area contributed by atoms with Crippen LogP contribution in [-0.2, 0) is 19.6 Å². The molecule has 3 heterocycles. The molecule has 1 N–H and O–H groups in total. The Morgan fingerprint density at radius 2 is 1.59 bits per heavy atom. The third-order valence-electron chi connectivity index (χ3n) is 6.81. The lowest BCUT2D eigenvalue weighted by Gasteiger charge is -2.27. The summed E-state index contributed by atoms with van der Waals surface area (Å²) < 4.78 is 44.6. The average molecular weight is 556 g/mol. The van der Waals surface area contributed by atoms with Gasteiger partial charge in [0, 0.05) is 38.8 Å². The predicted molar refractivity (Wildman–Crippen MR) is 143 cm³/mol. The van der Waals surface area contributed by atoms with E-state index in [4.69, 9.17) is 14.2 Å². The van der Waals surface area contributed by atoms with Gasteiger partial charge in [0.2, 0.25) is 15.9 Å². The summed E-state index contributed by atoms with van der Waals surface area (Å²) in [5.41, 5.74) is 1.99. The molecule has 0 unspecified atom stereocenters. The zero-order valence-electron chi connectivity index (χ0n) is 22.3. The second-order valence-corrected chi connectivity index (χ2v) is 12.8. The van der Waals surface area contributed by atoms with Gasteiger partial charge < -0.3 is 24.4 Å². The van der Waals surface area contributed by atoms with E-state index in [0.29, 0.717) is 37.8 Å². The van der Waals surface area contributed by atoms with Crippen LogP contribution >= 0.6 is 0 Å². The Morgan fingerprint density at radius 3 is 2.23 bits per heavy atom. The van der Waals surface area contributed by atoms with Crippen molar-refractivity contribution in [1.82, 2.24) is 14.5 Å². The molecule has 208 valence electrons. The second kappa shape index (κ2) is 10.5. The van der Waals surface area contributed by atoms with Crippen molar-refractivity contribution >= 4 is 22.0 Å². The van der Waals surface area contributed by atoms with Crippen LogP contribution in [0.2, 0.25) is 0 Å². The van der Waals surface area contributed by atoms with Crippen molar-refractivity contribution in [2.45, 2.75) is 37.2 Å². The summed E-state index contributed by atoms with van der Waals surface area (Å²) in [4.78, 5) is 27.8. The lowest BCUT2D eigenvalue weighted by atomic mass is 9.97. The first-order valence-corrected chi connectivity index (χ1v) is 14.4. The van der Waals surface area contributed by atoms with Crippen molar-refractivity contribution in [2.24, 2.45) is 0 Å². The lowest BCUT2D eigenvalue weighted by Crippen LogP contribution is -2.42. The number of amides is 2. The molecule has 2 aromatic rings. The average Bonchev–Trinajstić information content (AvgIpc) is 3.48. The largest absolute Gasteiger partial charge is 0.486 e. The molecule has 2 amide bonds. The number of nitrogens with one attached hydrogen (secondary N) is 1. The molecule has 0 aliphatic carbocycles. The minimum atomic E-state index is -3.75. The number of carbonyl (C=O) groups excluding carboxylic acids is 2. The fourth-order valence-electron chi connectivity index (χ4n) is 4.96. The Morgan fingerprint density at radius 1 is 0.949 bits per heavy atom. The van der Waals surface area contributed by atoms with E-state index >= 15 is 0 Å². The van der Waals surface area contributed by atoms with Crippen molar-refractivity contribution in [3.05, 3.63) is 65.2 Å². The van der Waals surface area contributed by atoms with Crippen LogP contribution in [0.3, 0.4) is 0 Å². The number of alkyl carbamates (subject to hydrolysis) is 1. The minimum Gasteiger partial charge on any atom is -0.486 e. The van der Waals surface area contributed by atoms with E-state index in [0.717, 1.165) is 16.7 Å². The van der Waals surface area contributed by atoms with E-state index in [1.165, 1.54) is 16.4 Å². The number of carbonyl (C=O) groups is 2. The standard InChI is InChI=1S/C28H33N3O7S/c1-28(2,3)38-27(33)29-14-23(19-7-5-4-6-8-19)26(32)30-15-20-17-31(18-21(20)16-30)39(34,35)22-9-10-24-25(13-22)37-12-11-36-24/h4-10,13,23H,11-12,14-18H2,1-3H3,(H,29,33)/t23-/m0/s1. The van der Waals surface area contributed by atoms with Crippen LogP contribution in [0.4, 0.5) is 4.79 Å². The van der Waals surface area contributed by atoms with Crippen molar-refractivity contribution < 1.29 is 32.2 Å². The topological polar surface area (TPSA) is 114 Å². The number of benzene rings is 2. The summed E-state index contributed by atoms with van der Waals surface area (Å²) in [5.74, 6) is 0.223. The SMILES string of the molecule is CC(C)(C)OC(=O)NC[C@H](C(=O)N1CC2=C(C1)CN(S(=O)(=O)c1ccc3c(c1)OCCO3)C2)c1ccccc1. The number of nitrogens with zero attached hydrogens (tertiary/aromatic N) is 2. The van der Waals surface area contributed by atoms with E-state index in [9.17, 15) is 18.0 Å². The molecular formula is C28H33N3O7S. The van der Waals surface area contributed by atoms with E-state index in [1.54, 1.807) is 31.7 Å². The normalized spacial score (nSPS) is 18.1. The Hall–Kier alpha value is -3.57. The number of rotatable bonds is 6. The molecule has 0 fully saturated rings. The molecule has 5 rings (SSSR count). The van der Waals surface area contributed by atoms with Gasteiger partial charge in [-0.15, -0.1) is 0 Å². The highest BCUT2D eigenvalue weighted by Gasteiger charge is 2.39. The van der Waals surface area contributed by atoms with Crippen LogP contribution in [0.1, 0.15) is 32.3 Å². The third-order valence-corrected chi connectivity index (χ3v) is 8.60. The van der Waals surface area contributed by atoms with Gasteiger partial charge in [-0.3, -0.25) is 4.79 Å². The molecule has 0 saturated heterocycles. The highest BCUT2D eigenvalue weighted by Crippen LogP contribution is 2.36. The number of ether oxygens (including phenoxy) is 3. The van der Waals surface area contributed by atoms with Crippen molar-refractivity contribution in [1.29, 1.82) is 0 Å². The first-order valence-electron chi connectivity index (χ1n) is 12.9. The van der Waals surface area contributed by atoms with Crippen LogP contribution in [0, 0.1) is 0 Å². The summed E-state index contributed by atoms with van der Waals surface area (Å²) >= 11 is 0. The molecule has 39 heavy (non-hydrogen) atoms. The summed E-state index contributed by atoms with van der Waals surface area (Å²) in [6.07, 6.45) is -0.585. The van der Waals surface area contributed by atoms with Crippen LogP contribution in [0.25, 0.3) is 0 Å². The van der Waals surface area contributed by atoms with Gasteiger partial charge in [0.25, 0.3) is 0 Å². The molecule has 3 aliphatic heterocycles. The van der Waals surface area contributed by atoms with Gasteiger partial charge in [0.05, 0.1) is 10.8 Å². The predicted octanol–water partition coefficient (Wildman–Crippen LogP) is 2.91. The van der Waals surface area contributed by atoms with Gasteiger partial charge in [-0.05, 0) is 49.6 Å². The molecule has 3 aliphatic rings. The third kappa shape index (κ3) is 5.89. The maximum atomic E-state index is 13.7. The quantitative estimate of drug-likeness (QED) is 0.545. The van der Waals surface area contributed by atoms with Gasteiger partial charge in [-0.2, -0.15) is 4.31 Å². The molecule has 11 heteroatoms. The summed E-state index contributed by atoms with van der Waals surface area (Å²) in [6, 6.07) is 14.0. The number of sulfonamides is 1. The maximum absolute atomic E-state index is 13.7. The van der Waals surface area contributed by atoms with Gasteiger partial charge in [-0.25, -0.2) is 13.2 Å². The zero-order valence-corrected chi connectivity index (χ0v) is 23.1. The van der Waals surface area contributed by atoms with Gasteiger partial charge >= 0.3 is 6.09 Å².